The van der Waals surface area contributed by atoms with Crippen LogP contribution in [0.1, 0.15) is 12.5 Å². The van der Waals surface area contributed by atoms with Crippen LogP contribution in [0.15, 0.2) is 59.5 Å². The summed E-state index contributed by atoms with van der Waals surface area (Å²) >= 11 is 0. The lowest BCUT2D eigenvalue weighted by molar-refractivity contribution is -0.114. The summed E-state index contributed by atoms with van der Waals surface area (Å²) in [7, 11) is -3.54. The van der Waals surface area contributed by atoms with E-state index >= 15 is 0 Å². The fraction of sp³-hybridized carbons (Fsp3) is 0.238. The molecule has 3 rings (SSSR count). The highest BCUT2D eigenvalue weighted by Gasteiger charge is 2.25. The number of benzene rings is 2. The average Bonchev–Trinajstić information content (AvgIpc) is 2.74. The molecule has 2 amide bonds. The predicted molar refractivity (Wildman–Crippen MR) is 114 cm³/mol. The average molecular weight is 429 g/mol. The minimum Gasteiger partial charge on any atom is -0.379 e. The zero-order chi connectivity index (χ0) is 21.6. The van der Waals surface area contributed by atoms with Crippen molar-refractivity contribution < 1.29 is 22.7 Å². The number of nitrogens with zero attached hydrogens (tertiary/aromatic N) is 1. The van der Waals surface area contributed by atoms with Gasteiger partial charge in [0.05, 0.1) is 18.1 Å². The minimum atomic E-state index is -3.54. The third-order valence-electron chi connectivity index (χ3n) is 4.39. The number of anilines is 2. The molecule has 30 heavy (non-hydrogen) atoms. The Hall–Kier alpha value is -3.01. The lowest BCUT2D eigenvalue weighted by Crippen LogP contribution is -2.40. The van der Waals surface area contributed by atoms with Gasteiger partial charge in [0.15, 0.2) is 0 Å². The molecular formula is C21H23N3O5S. The van der Waals surface area contributed by atoms with Crippen LogP contribution in [0.5, 0.6) is 0 Å². The number of hydrogen-bond donors (Lipinski definition) is 2. The molecule has 1 heterocycles. The van der Waals surface area contributed by atoms with Gasteiger partial charge in [0.2, 0.25) is 21.8 Å². The largest absolute Gasteiger partial charge is 0.379 e. The first-order valence-electron chi connectivity index (χ1n) is 9.39. The summed E-state index contributed by atoms with van der Waals surface area (Å²) in [6.07, 6.45) is 2.97. The Bertz CT molecular complexity index is 1030. The van der Waals surface area contributed by atoms with Crippen molar-refractivity contribution in [3.63, 3.8) is 0 Å². The first kappa shape index (κ1) is 21.7. The summed E-state index contributed by atoms with van der Waals surface area (Å²) in [5, 5.41) is 5.37. The Labute approximate surface area is 175 Å². The number of sulfonamides is 1. The van der Waals surface area contributed by atoms with Crippen molar-refractivity contribution in [1.82, 2.24) is 4.31 Å². The highest BCUT2D eigenvalue weighted by atomic mass is 32.2. The third kappa shape index (κ3) is 5.76. The highest BCUT2D eigenvalue weighted by molar-refractivity contribution is 7.89. The lowest BCUT2D eigenvalue weighted by atomic mass is 10.2. The number of ether oxygens (including phenoxy) is 1. The Balaban J connectivity index is 1.59. The third-order valence-corrected chi connectivity index (χ3v) is 6.30. The molecule has 9 heteroatoms. The van der Waals surface area contributed by atoms with Crippen LogP contribution in [-0.4, -0.2) is 50.8 Å². The second kappa shape index (κ2) is 9.66. The van der Waals surface area contributed by atoms with Crippen molar-refractivity contribution >= 4 is 39.3 Å². The van der Waals surface area contributed by atoms with Crippen LogP contribution in [0.25, 0.3) is 6.08 Å². The number of carbonyl (C=O) groups excluding carboxylic acids is 2. The molecule has 0 aromatic heterocycles. The molecule has 1 aliphatic rings. The summed E-state index contributed by atoms with van der Waals surface area (Å²) in [6.45, 7) is 2.90. The zero-order valence-corrected chi connectivity index (χ0v) is 17.3. The van der Waals surface area contributed by atoms with Crippen LogP contribution in [-0.2, 0) is 24.3 Å². The minimum absolute atomic E-state index is 0.168. The number of morpholine rings is 1. The smallest absolute Gasteiger partial charge is 0.248 e. The first-order chi connectivity index (χ1) is 14.3. The van der Waals surface area contributed by atoms with Gasteiger partial charge in [-0.3, -0.25) is 9.59 Å². The van der Waals surface area contributed by atoms with Gasteiger partial charge < -0.3 is 15.4 Å². The van der Waals surface area contributed by atoms with Gasteiger partial charge in [-0.05, 0) is 48.0 Å². The maximum absolute atomic E-state index is 12.6. The Morgan fingerprint density at radius 1 is 0.933 bits per heavy atom. The van der Waals surface area contributed by atoms with Gasteiger partial charge in [0.25, 0.3) is 0 Å². The fourth-order valence-corrected chi connectivity index (χ4v) is 4.29. The zero-order valence-electron chi connectivity index (χ0n) is 16.5. The summed E-state index contributed by atoms with van der Waals surface area (Å²) in [4.78, 5) is 23.3. The van der Waals surface area contributed by atoms with E-state index in [0.29, 0.717) is 43.2 Å². The first-order valence-corrected chi connectivity index (χ1v) is 10.8. The van der Waals surface area contributed by atoms with E-state index in [1.807, 2.05) is 0 Å². The van der Waals surface area contributed by atoms with E-state index < -0.39 is 10.0 Å². The predicted octanol–water partition coefficient (Wildman–Crippen LogP) is 2.32. The monoisotopic (exact) mass is 429 g/mol. The molecule has 1 saturated heterocycles. The molecule has 0 bridgehead atoms. The van der Waals surface area contributed by atoms with Crippen LogP contribution in [0.3, 0.4) is 0 Å². The molecule has 8 nitrogen and oxygen atoms in total. The molecular weight excluding hydrogens is 406 g/mol. The maximum atomic E-state index is 12.6. The van der Waals surface area contributed by atoms with Crippen LogP contribution >= 0.6 is 0 Å². The molecule has 0 unspecified atom stereocenters. The molecule has 0 spiro atoms. The van der Waals surface area contributed by atoms with Crippen molar-refractivity contribution in [2.45, 2.75) is 11.8 Å². The SMILES string of the molecule is CC(=O)Nc1ccc(NC(=O)/C=C/c2ccc(S(=O)(=O)N3CCOCC3)cc2)cc1. The van der Waals surface area contributed by atoms with Gasteiger partial charge in [-0.15, -0.1) is 0 Å². The van der Waals surface area contributed by atoms with Gasteiger partial charge >= 0.3 is 0 Å². The van der Waals surface area contributed by atoms with Gasteiger partial charge in [0, 0.05) is 37.5 Å². The fourth-order valence-electron chi connectivity index (χ4n) is 2.88. The number of hydrogen-bond acceptors (Lipinski definition) is 5. The van der Waals surface area contributed by atoms with E-state index in [1.165, 1.54) is 29.4 Å². The molecule has 1 fully saturated rings. The van der Waals surface area contributed by atoms with E-state index in [9.17, 15) is 18.0 Å². The molecule has 2 aromatic rings. The highest BCUT2D eigenvalue weighted by Crippen LogP contribution is 2.18. The van der Waals surface area contributed by atoms with Crippen molar-refractivity contribution in [2.75, 3.05) is 36.9 Å². The Kier molecular flexibility index (Phi) is 6.99. The summed E-state index contributed by atoms with van der Waals surface area (Å²) in [5.74, 6) is -0.495. The second-order valence-electron chi connectivity index (χ2n) is 6.67. The number of rotatable bonds is 6. The van der Waals surface area contributed by atoms with Gasteiger partial charge in [0.1, 0.15) is 0 Å². The quantitative estimate of drug-likeness (QED) is 0.686. The molecule has 0 radical (unpaired) electrons. The van der Waals surface area contributed by atoms with Crippen molar-refractivity contribution in [3.8, 4) is 0 Å². The van der Waals surface area contributed by atoms with E-state index in [0.717, 1.165) is 0 Å². The number of carbonyl (C=O) groups is 2. The molecule has 2 N–H and O–H groups in total. The van der Waals surface area contributed by atoms with E-state index in [2.05, 4.69) is 10.6 Å². The van der Waals surface area contributed by atoms with Gasteiger partial charge in [-0.25, -0.2) is 8.42 Å². The number of nitrogens with one attached hydrogen (secondary N) is 2. The van der Waals surface area contributed by atoms with Crippen molar-refractivity contribution in [3.05, 3.63) is 60.2 Å². The second-order valence-corrected chi connectivity index (χ2v) is 8.60. The molecule has 158 valence electrons. The summed E-state index contributed by atoms with van der Waals surface area (Å²) in [5.41, 5.74) is 1.93. The van der Waals surface area contributed by atoms with E-state index in [1.54, 1.807) is 42.5 Å². The van der Waals surface area contributed by atoms with Crippen molar-refractivity contribution in [1.29, 1.82) is 0 Å². The molecule has 0 aliphatic carbocycles. The van der Waals surface area contributed by atoms with Crippen LogP contribution in [0.4, 0.5) is 11.4 Å². The van der Waals surface area contributed by atoms with E-state index in [4.69, 9.17) is 4.74 Å². The molecule has 0 atom stereocenters. The summed E-state index contributed by atoms with van der Waals surface area (Å²) in [6, 6.07) is 13.1. The van der Waals surface area contributed by atoms with Crippen molar-refractivity contribution in [2.24, 2.45) is 0 Å². The molecule has 0 saturated carbocycles. The van der Waals surface area contributed by atoms with Gasteiger partial charge in [-0.1, -0.05) is 12.1 Å². The van der Waals surface area contributed by atoms with Gasteiger partial charge in [-0.2, -0.15) is 4.31 Å². The Morgan fingerprint density at radius 3 is 2.07 bits per heavy atom. The topological polar surface area (TPSA) is 105 Å². The molecule has 1 aliphatic heterocycles. The summed E-state index contributed by atoms with van der Waals surface area (Å²) < 4.78 is 31.8. The maximum Gasteiger partial charge on any atom is 0.248 e. The van der Waals surface area contributed by atoms with Crippen LogP contribution < -0.4 is 10.6 Å². The van der Waals surface area contributed by atoms with Crippen LogP contribution in [0, 0.1) is 0 Å². The standard InChI is InChI=1S/C21H23N3O5S/c1-16(25)22-18-5-7-19(8-6-18)23-21(26)11-4-17-2-9-20(10-3-17)30(27,28)24-12-14-29-15-13-24/h2-11H,12-15H2,1H3,(H,22,25)(H,23,26)/b11-4+. The lowest BCUT2D eigenvalue weighted by Gasteiger charge is -2.26. The van der Waals surface area contributed by atoms with E-state index in [-0.39, 0.29) is 16.7 Å². The molecule has 2 aromatic carbocycles. The number of amides is 2. The normalized spacial score (nSPS) is 15.1. The van der Waals surface area contributed by atoms with Crippen LogP contribution in [0.2, 0.25) is 0 Å². The Morgan fingerprint density at radius 2 is 1.50 bits per heavy atom.